The Labute approximate surface area is 114 Å². The van der Waals surface area contributed by atoms with E-state index in [1.54, 1.807) is 0 Å². The van der Waals surface area contributed by atoms with Gasteiger partial charge in [-0.25, -0.2) is 0 Å². The van der Waals surface area contributed by atoms with E-state index in [1.165, 1.54) is 25.7 Å². The van der Waals surface area contributed by atoms with Crippen LogP contribution in [-0.2, 0) is 0 Å². The molecule has 0 saturated heterocycles. The lowest BCUT2D eigenvalue weighted by molar-refractivity contribution is 0.168. The summed E-state index contributed by atoms with van der Waals surface area (Å²) in [5, 5.41) is 0. The third kappa shape index (κ3) is 2.69. The van der Waals surface area contributed by atoms with E-state index in [0.29, 0.717) is 13.2 Å². The Morgan fingerprint density at radius 1 is 1.21 bits per heavy atom. The lowest BCUT2D eigenvalue weighted by Gasteiger charge is -2.26. The lowest BCUT2D eigenvalue weighted by Crippen LogP contribution is -2.30. The Morgan fingerprint density at radius 3 is 2.79 bits per heavy atom. The van der Waals surface area contributed by atoms with Crippen LogP contribution in [-0.4, -0.2) is 13.2 Å². The summed E-state index contributed by atoms with van der Waals surface area (Å²) in [7, 11) is 0. The van der Waals surface area contributed by atoms with E-state index in [1.807, 2.05) is 12.1 Å². The Balaban J connectivity index is 1.81. The molecule has 1 aliphatic carbocycles. The zero-order chi connectivity index (χ0) is 13.1. The van der Waals surface area contributed by atoms with E-state index in [0.717, 1.165) is 29.4 Å². The highest BCUT2D eigenvalue weighted by atomic mass is 16.6. The van der Waals surface area contributed by atoms with Gasteiger partial charge in [0.2, 0.25) is 0 Å². The zero-order valence-electron chi connectivity index (χ0n) is 11.2. The maximum Gasteiger partial charge on any atom is 0.166 e. The molecule has 1 fully saturated rings. The van der Waals surface area contributed by atoms with Crippen LogP contribution in [0.3, 0.4) is 0 Å². The Morgan fingerprint density at radius 2 is 2.00 bits per heavy atom. The zero-order valence-corrected chi connectivity index (χ0v) is 11.2. The summed E-state index contributed by atoms with van der Waals surface area (Å²) in [4.78, 5) is 0. The number of hydrogen-bond donors (Lipinski definition) is 2. The second kappa shape index (κ2) is 5.80. The smallest absolute Gasteiger partial charge is 0.166 e. The minimum absolute atomic E-state index is 0.153. The summed E-state index contributed by atoms with van der Waals surface area (Å²) < 4.78 is 11.4. The van der Waals surface area contributed by atoms with Gasteiger partial charge in [-0.15, -0.1) is 0 Å². The molecule has 1 aromatic rings. The van der Waals surface area contributed by atoms with Crippen molar-refractivity contribution in [2.45, 2.75) is 38.1 Å². The number of hydrogen-bond acceptors (Lipinski definition) is 4. The Bertz CT molecular complexity index is 430. The molecule has 1 aliphatic heterocycles. The quantitative estimate of drug-likeness (QED) is 0.646. The molecule has 3 N–H and O–H groups in total. The standard InChI is InChI=1S/C15H22N2O2/c16-17-13(10-11-4-1-2-5-11)12-6-3-7-14-15(12)19-9-8-18-14/h3,6-7,11,13,17H,1-2,4-5,8-10,16H2. The fourth-order valence-electron chi connectivity index (χ4n) is 3.23. The first-order valence-corrected chi connectivity index (χ1v) is 7.23. The van der Waals surface area contributed by atoms with Crippen LogP contribution >= 0.6 is 0 Å². The minimum Gasteiger partial charge on any atom is -0.486 e. The molecule has 2 aliphatic rings. The number of hydrazine groups is 1. The first-order chi connectivity index (χ1) is 9.38. The van der Waals surface area contributed by atoms with E-state index in [-0.39, 0.29) is 6.04 Å². The van der Waals surface area contributed by atoms with Gasteiger partial charge in [-0.05, 0) is 18.4 Å². The van der Waals surface area contributed by atoms with E-state index in [2.05, 4.69) is 11.5 Å². The molecule has 1 unspecified atom stereocenters. The first-order valence-electron chi connectivity index (χ1n) is 7.23. The summed E-state index contributed by atoms with van der Waals surface area (Å²) in [6, 6.07) is 6.22. The summed E-state index contributed by atoms with van der Waals surface area (Å²) in [6.07, 6.45) is 6.44. The highest BCUT2D eigenvalue weighted by Crippen LogP contribution is 2.40. The van der Waals surface area contributed by atoms with Crippen LogP contribution in [0.4, 0.5) is 0 Å². The highest BCUT2D eigenvalue weighted by molar-refractivity contribution is 5.48. The van der Waals surface area contributed by atoms with Crippen LogP contribution in [0.15, 0.2) is 18.2 Å². The molecule has 1 aromatic carbocycles. The Hall–Kier alpha value is -1.26. The van der Waals surface area contributed by atoms with Gasteiger partial charge in [0.1, 0.15) is 13.2 Å². The number of rotatable bonds is 4. The Kier molecular flexibility index (Phi) is 3.89. The summed E-state index contributed by atoms with van der Waals surface area (Å²) >= 11 is 0. The van der Waals surface area contributed by atoms with Gasteiger partial charge < -0.3 is 9.47 Å². The van der Waals surface area contributed by atoms with Crippen LogP contribution in [0.1, 0.15) is 43.7 Å². The van der Waals surface area contributed by atoms with Crippen molar-refractivity contribution in [2.75, 3.05) is 13.2 Å². The lowest BCUT2D eigenvalue weighted by atomic mass is 9.93. The van der Waals surface area contributed by atoms with Crippen LogP contribution in [0.25, 0.3) is 0 Å². The third-order valence-electron chi connectivity index (χ3n) is 4.22. The average Bonchev–Trinajstić information content (AvgIpc) is 2.97. The van der Waals surface area contributed by atoms with Crippen molar-refractivity contribution >= 4 is 0 Å². The summed E-state index contributed by atoms with van der Waals surface area (Å²) in [5.41, 5.74) is 4.09. The number of fused-ring (bicyclic) bond motifs is 1. The maximum atomic E-state index is 5.78. The molecule has 0 bridgehead atoms. The van der Waals surface area contributed by atoms with Crippen molar-refractivity contribution in [1.82, 2.24) is 5.43 Å². The van der Waals surface area contributed by atoms with E-state index in [9.17, 15) is 0 Å². The van der Waals surface area contributed by atoms with Crippen LogP contribution in [0.2, 0.25) is 0 Å². The van der Waals surface area contributed by atoms with Crippen molar-refractivity contribution in [3.05, 3.63) is 23.8 Å². The second-order valence-electron chi connectivity index (χ2n) is 5.48. The number of para-hydroxylation sites is 1. The van der Waals surface area contributed by atoms with Gasteiger partial charge in [-0.1, -0.05) is 37.8 Å². The fourth-order valence-corrected chi connectivity index (χ4v) is 3.23. The van der Waals surface area contributed by atoms with Gasteiger partial charge >= 0.3 is 0 Å². The van der Waals surface area contributed by atoms with Crippen molar-refractivity contribution in [2.24, 2.45) is 11.8 Å². The molecule has 0 spiro atoms. The topological polar surface area (TPSA) is 56.5 Å². The molecule has 1 atom stereocenters. The van der Waals surface area contributed by atoms with E-state index >= 15 is 0 Å². The van der Waals surface area contributed by atoms with Crippen molar-refractivity contribution in [1.29, 1.82) is 0 Å². The molecule has 1 heterocycles. The molecule has 0 amide bonds. The molecule has 0 aromatic heterocycles. The first kappa shape index (κ1) is 12.8. The number of benzene rings is 1. The maximum absolute atomic E-state index is 5.78. The molecule has 4 heteroatoms. The number of nitrogens with one attached hydrogen (secondary N) is 1. The molecule has 1 saturated carbocycles. The van der Waals surface area contributed by atoms with Gasteiger partial charge in [0, 0.05) is 5.56 Å². The molecule has 3 rings (SSSR count). The van der Waals surface area contributed by atoms with Crippen LogP contribution < -0.4 is 20.7 Å². The molecule has 104 valence electrons. The monoisotopic (exact) mass is 262 g/mol. The summed E-state index contributed by atoms with van der Waals surface area (Å²) in [6.45, 7) is 1.24. The fraction of sp³-hybridized carbons (Fsp3) is 0.600. The molecule has 0 radical (unpaired) electrons. The predicted molar refractivity (Wildman–Crippen MR) is 74.1 cm³/mol. The van der Waals surface area contributed by atoms with Crippen molar-refractivity contribution in [3.8, 4) is 11.5 Å². The van der Waals surface area contributed by atoms with Gasteiger partial charge in [0.05, 0.1) is 6.04 Å². The second-order valence-corrected chi connectivity index (χ2v) is 5.48. The predicted octanol–water partition coefficient (Wildman–Crippen LogP) is 2.54. The van der Waals surface area contributed by atoms with E-state index in [4.69, 9.17) is 15.3 Å². The highest BCUT2D eigenvalue weighted by Gasteiger charge is 2.25. The van der Waals surface area contributed by atoms with Crippen LogP contribution in [0.5, 0.6) is 11.5 Å². The van der Waals surface area contributed by atoms with Gasteiger partial charge in [-0.2, -0.15) is 0 Å². The largest absolute Gasteiger partial charge is 0.486 e. The summed E-state index contributed by atoms with van der Waals surface area (Å²) in [5.74, 6) is 8.26. The minimum atomic E-state index is 0.153. The average molecular weight is 262 g/mol. The molecule has 19 heavy (non-hydrogen) atoms. The third-order valence-corrected chi connectivity index (χ3v) is 4.22. The molecule has 4 nitrogen and oxygen atoms in total. The van der Waals surface area contributed by atoms with Crippen LogP contribution in [0, 0.1) is 5.92 Å². The van der Waals surface area contributed by atoms with Gasteiger partial charge in [0.25, 0.3) is 0 Å². The number of ether oxygens (including phenoxy) is 2. The van der Waals surface area contributed by atoms with Gasteiger partial charge in [-0.3, -0.25) is 11.3 Å². The molecular weight excluding hydrogens is 240 g/mol. The normalized spacial score (nSPS) is 20.5. The SMILES string of the molecule is NNC(CC1CCCC1)c1cccc2c1OCCO2. The van der Waals surface area contributed by atoms with Gasteiger partial charge in [0.15, 0.2) is 11.5 Å². The van der Waals surface area contributed by atoms with E-state index < -0.39 is 0 Å². The van der Waals surface area contributed by atoms with Crippen molar-refractivity contribution < 1.29 is 9.47 Å². The van der Waals surface area contributed by atoms with Crippen molar-refractivity contribution in [3.63, 3.8) is 0 Å². The molecular formula is C15H22N2O2. The number of nitrogens with two attached hydrogens (primary N) is 1.